The van der Waals surface area contributed by atoms with Crippen molar-refractivity contribution >= 4 is 39.4 Å². The van der Waals surface area contributed by atoms with Gasteiger partial charge in [-0.05, 0) is 111 Å². The lowest BCUT2D eigenvalue weighted by molar-refractivity contribution is -0.142. The molecule has 6 atom stereocenters. The summed E-state index contributed by atoms with van der Waals surface area (Å²) in [5.74, 6) is -0.140. The minimum Gasteiger partial charge on any atom is -0.486 e. The highest BCUT2D eigenvalue weighted by molar-refractivity contribution is 6.06. The number of aryl methyl sites for hydroxylation is 1. The van der Waals surface area contributed by atoms with Gasteiger partial charge in [-0.3, -0.25) is 24.4 Å². The number of hydrogen-bond acceptors (Lipinski definition) is 16. The van der Waals surface area contributed by atoms with Gasteiger partial charge < -0.3 is 44.9 Å². The third kappa shape index (κ3) is 10.7. The molecule has 428 valence electrons. The summed E-state index contributed by atoms with van der Waals surface area (Å²) < 4.78 is 39.0. The second-order valence-electron chi connectivity index (χ2n) is 22.5. The summed E-state index contributed by atoms with van der Waals surface area (Å²) in [5.41, 5.74) is 8.34. The standard InChI is InChI=1S/C60H69FN14O7/c1-6-74-50(18-20-65-74)38-15-16-46(63-25-38)49(30-76)66-58(78)51-22-40(77)28-73(51)59(79)55(33(2)3)75-29-48(70-71-75)37-11-9-35(10-12-37)31-81-56-53(52-34(4)45(61)24-47-44(52)27-64-69-47)42(36-13-14-36)23-43-54(56)67-60(82-32-41-8-7-21-80-41)68-57(43)72(5)39-17-19-62-26-39/h9-12,15-16,18,20,23-25,27,29,33,36,39-41,49,51,55,62,76-77H,6-8,13-14,17,19,21-22,26,28,30-32H2,1-5H3,(H,64,69)(H,66,78)/t39-,40+,41+,49-,51-,55-/m0/s1. The topological polar surface area (TPSA) is 249 Å². The number of nitrogens with one attached hydrogen (secondary N) is 3. The van der Waals surface area contributed by atoms with Crippen molar-refractivity contribution in [1.29, 1.82) is 0 Å². The number of likely N-dealkylation sites (N-methyl/N-ethyl adjacent to an activating group) is 1. The zero-order chi connectivity index (χ0) is 56.8. The predicted octanol–water partition coefficient (Wildman–Crippen LogP) is 6.98. The van der Waals surface area contributed by atoms with E-state index < -0.39 is 42.7 Å². The van der Waals surface area contributed by atoms with Crippen LogP contribution in [-0.4, -0.2) is 148 Å². The van der Waals surface area contributed by atoms with E-state index in [4.69, 9.17) is 24.2 Å². The SMILES string of the molecule is CCn1nccc1-c1ccc([C@H](CO)NC(=O)[C@@H]2C[C@@H](O)CN2C(=O)[C@H](C(C)C)n2cc(-c3ccc(COc4c(-c5c(C)c(F)cc6[nH]ncc56)c(C5CC5)cc5c(N(C)[C@H]6CCNC6)nc(OC[C@H]6CCCO6)nc45)cc3)nn2)nc1. The number of halogens is 1. The first-order chi connectivity index (χ1) is 39.8. The summed E-state index contributed by atoms with van der Waals surface area (Å²) in [6.07, 6.45) is 10.6. The molecule has 21 nitrogen and oxygen atoms in total. The Morgan fingerprint density at radius 3 is 2.55 bits per heavy atom. The van der Waals surface area contributed by atoms with Crippen LogP contribution < -0.4 is 25.0 Å². The summed E-state index contributed by atoms with van der Waals surface area (Å²) in [5, 5.41) is 50.0. The van der Waals surface area contributed by atoms with Crippen molar-refractivity contribution in [2.24, 2.45) is 5.92 Å². The molecule has 5 N–H and O–H groups in total. The van der Waals surface area contributed by atoms with E-state index in [2.05, 4.69) is 59.2 Å². The minimum atomic E-state index is -1.01. The fourth-order valence-corrected chi connectivity index (χ4v) is 12.0. The number of nitrogens with zero attached hydrogens (tertiary/aromatic N) is 11. The normalized spacial score (nSPS) is 19.8. The maximum atomic E-state index is 16.1. The molecule has 1 saturated carbocycles. The van der Waals surface area contributed by atoms with Gasteiger partial charge in [0.2, 0.25) is 11.8 Å². The van der Waals surface area contributed by atoms with Gasteiger partial charge in [-0.1, -0.05) is 43.3 Å². The minimum absolute atomic E-state index is 0.0187. The highest BCUT2D eigenvalue weighted by Gasteiger charge is 2.43. The molecule has 3 aliphatic heterocycles. The number of anilines is 1. The lowest BCUT2D eigenvalue weighted by Crippen LogP contribution is -2.50. The third-order valence-corrected chi connectivity index (χ3v) is 16.6. The van der Waals surface area contributed by atoms with Crippen LogP contribution in [0, 0.1) is 18.7 Å². The summed E-state index contributed by atoms with van der Waals surface area (Å²) >= 11 is 0. The molecule has 8 heterocycles. The quantitative estimate of drug-likeness (QED) is 0.0517. The van der Waals surface area contributed by atoms with Crippen LogP contribution in [0.3, 0.4) is 0 Å². The Morgan fingerprint density at radius 2 is 1.83 bits per heavy atom. The number of aliphatic hydroxyl groups excluding tert-OH is 2. The Balaban J connectivity index is 0.819. The van der Waals surface area contributed by atoms with E-state index in [-0.39, 0.29) is 55.4 Å². The molecule has 82 heavy (non-hydrogen) atoms. The molecule has 3 saturated heterocycles. The molecule has 3 aromatic carbocycles. The zero-order valence-electron chi connectivity index (χ0n) is 46.8. The van der Waals surface area contributed by atoms with Crippen molar-refractivity contribution < 1.29 is 38.4 Å². The van der Waals surface area contributed by atoms with E-state index in [1.54, 1.807) is 37.8 Å². The van der Waals surface area contributed by atoms with Crippen LogP contribution in [-0.2, 0) is 27.5 Å². The first-order valence-electron chi connectivity index (χ1n) is 28.6. The highest BCUT2D eigenvalue weighted by Crippen LogP contribution is 2.53. The molecule has 0 bridgehead atoms. The van der Waals surface area contributed by atoms with E-state index in [0.717, 1.165) is 95.3 Å². The highest BCUT2D eigenvalue weighted by atomic mass is 19.1. The number of likely N-dealkylation sites (tertiary alicyclic amines) is 1. The number of aromatic amines is 1. The molecular weight excluding hydrogens is 1050 g/mol. The summed E-state index contributed by atoms with van der Waals surface area (Å²) in [6.45, 7) is 10.6. The van der Waals surface area contributed by atoms with E-state index >= 15 is 4.39 Å². The molecule has 5 aromatic heterocycles. The number of β-amino-alcohol motifs (C(OH)–C–C–N with tert-alkyl or cyclic N) is 1. The van der Waals surface area contributed by atoms with Crippen molar-refractivity contribution in [3.05, 3.63) is 108 Å². The first kappa shape index (κ1) is 54.7. The van der Waals surface area contributed by atoms with Crippen molar-refractivity contribution in [1.82, 2.24) is 65.5 Å². The van der Waals surface area contributed by atoms with Gasteiger partial charge >= 0.3 is 6.01 Å². The number of H-pyrrole nitrogens is 1. The Kier molecular flexibility index (Phi) is 15.4. The van der Waals surface area contributed by atoms with Gasteiger partial charge in [0, 0.05) is 91.2 Å². The van der Waals surface area contributed by atoms with E-state index in [0.29, 0.717) is 59.1 Å². The molecule has 0 radical (unpaired) electrons. The maximum absolute atomic E-state index is 16.1. The van der Waals surface area contributed by atoms with Gasteiger partial charge in [0.15, 0.2) is 5.75 Å². The zero-order valence-corrected chi connectivity index (χ0v) is 46.8. The molecule has 22 heteroatoms. The number of pyridine rings is 1. The average Bonchev–Trinajstić information content (AvgIpc) is 4.41. The number of ether oxygens (including phenoxy) is 3. The molecule has 8 aromatic rings. The lowest BCUT2D eigenvalue weighted by atomic mass is 9.88. The number of hydrogen-bond donors (Lipinski definition) is 5. The number of rotatable bonds is 20. The molecule has 4 aliphatic rings. The van der Waals surface area contributed by atoms with Crippen LogP contribution in [0.5, 0.6) is 11.8 Å². The number of amides is 2. The van der Waals surface area contributed by atoms with Crippen LogP contribution in [0.4, 0.5) is 10.2 Å². The van der Waals surface area contributed by atoms with Crippen molar-refractivity contribution in [3.63, 3.8) is 0 Å². The fourth-order valence-electron chi connectivity index (χ4n) is 12.0. The number of aliphatic hydroxyl groups is 2. The summed E-state index contributed by atoms with van der Waals surface area (Å²) in [4.78, 5) is 47.1. The largest absolute Gasteiger partial charge is 0.486 e. The monoisotopic (exact) mass is 1120 g/mol. The molecule has 2 amide bonds. The molecule has 12 rings (SSSR count). The van der Waals surface area contributed by atoms with Crippen LogP contribution in [0.1, 0.15) is 99.7 Å². The summed E-state index contributed by atoms with van der Waals surface area (Å²) in [6, 6.07) is 14.6. The third-order valence-electron chi connectivity index (χ3n) is 16.6. The Bertz CT molecular complexity index is 3610. The smallest absolute Gasteiger partial charge is 0.319 e. The van der Waals surface area contributed by atoms with Crippen molar-refractivity contribution in [2.45, 2.75) is 122 Å². The Morgan fingerprint density at radius 1 is 1.00 bits per heavy atom. The number of fused-ring (bicyclic) bond motifs is 2. The van der Waals surface area contributed by atoms with Crippen LogP contribution in [0.15, 0.2) is 79.4 Å². The maximum Gasteiger partial charge on any atom is 0.319 e. The molecule has 1 aliphatic carbocycles. The van der Waals surface area contributed by atoms with Gasteiger partial charge in [-0.15, -0.1) is 5.10 Å². The first-order valence-corrected chi connectivity index (χ1v) is 28.6. The second kappa shape index (κ2) is 23.1. The second-order valence-corrected chi connectivity index (χ2v) is 22.5. The average molecular weight is 1120 g/mol. The van der Waals surface area contributed by atoms with Gasteiger partial charge in [-0.25, -0.2) is 9.07 Å². The Labute approximate surface area is 473 Å². The van der Waals surface area contributed by atoms with E-state index in [1.165, 1.54) is 15.6 Å². The van der Waals surface area contributed by atoms with Crippen LogP contribution in [0.25, 0.3) is 55.4 Å². The molecule has 0 unspecified atom stereocenters. The molecule has 0 spiro atoms. The number of aromatic nitrogens is 10. The van der Waals surface area contributed by atoms with Crippen molar-refractivity contribution in [2.75, 3.05) is 51.4 Å². The number of carbonyl (C=O) groups excluding carboxylic acids is 2. The molecule has 4 fully saturated rings. The van der Waals surface area contributed by atoms with Gasteiger partial charge in [0.1, 0.15) is 48.1 Å². The predicted molar refractivity (Wildman–Crippen MR) is 304 cm³/mol. The molecular formula is C60H69FN14O7. The lowest BCUT2D eigenvalue weighted by Gasteiger charge is -2.30. The van der Waals surface area contributed by atoms with Crippen LogP contribution in [0.2, 0.25) is 0 Å². The summed E-state index contributed by atoms with van der Waals surface area (Å²) in [7, 11) is 2.07. The number of carbonyl (C=O) groups is 2. The van der Waals surface area contributed by atoms with Crippen LogP contribution >= 0.6 is 0 Å². The fraction of sp³-hybridized carbons (Fsp3) is 0.450. The van der Waals surface area contributed by atoms with E-state index in [9.17, 15) is 19.8 Å². The van der Waals surface area contributed by atoms with Gasteiger partial charge in [-0.2, -0.15) is 20.2 Å². The van der Waals surface area contributed by atoms with Crippen molar-refractivity contribution in [3.8, 4) is 45.4 Å². The van der Waals surface area contributed by atoms with Gasteiger partial charge in [0.25, 0.3) is 0 Å². The number of benzene rings is 3. The Hall–Kier alpha value is -7.92. The van der Waals surface area contributed by atoms with Gasteiger partial charge in [0.05, 0.1) is 54.2 Å². The van der Waals surface area contributed by atoms with E-state index in [1.807, 2.05) is 61.9 Å².